The van der Waals surface area contributed by atoms with Gasteiger partial charge in [0.1, 0.15) is 17.0 Å². The number of esters is 1. The van der Waals surface area contributed by atoms with Gasteiger partial charge in [0.05, 0.1) is 28.5 Å². The van der Waals surface area contributed by atoms with Crippen molar-refractivity contribution in [3.8, 4) is 0 Å². The molecule has 2 saturated heterocycles. The van der Waals surface area contributed by atoms with E-state index in [4.69, 9.17) is 27.9 Å². The fourth-order valence-electron chi connectivity index (χ4n) is 8.19. The van der Waals surface area contributed by atoms with Crippen LogP contribution in [0.3, 0.4) is 0 Å². The summed E-state index contributed by atoms with van der Waals surface area (Å²) in [7, 11) is 1.20. The Morgan fingerprint density at radius 2 is 1.90 bits per heavy atom. The molecule has 4 aliphatic rings. The Balaban J connectivity index is 1.46. The van der Waals surface area contributed by atoms with E-state index >= 15 is 9.18 Å². The van der Waals surface area contributed by atoms with Crippen molar-refractivity contribution in [1.29, 1.82) is 0 Å². The van der Waals surface area contributed by atoms with E-state index < -0.39 is 57.6 Å². The molecule has 1 aliphatic carbocycles. The lowest BCUT2D eigenvalue weighted by molar-refractivity contribution is -0.384. The number of piperidine rings is 1. The fraction of sp³-hybridized carbons (Fsp3) is 0.400. The fourth-order valence-corrected chi connectivity index (χ4v) is 8.55. The molecule has 3 aliphatic heterocycles. The number of hydrogen-bond donors (Lipinski definition) is 1. The molecular formula is C35H33Cl2FN4O6. The van der Waals surface area contributed by atoms with Crippen LogP contribution in [0.25, 0.3) is 0 Å². The predicted octanol–water partition coefficient (Wildman–Crippen LogP) is 7.03. The molecule has 4 atom stereocenters. The van der Waals surface area contributed by atoms with Crippen molar-refractivity contribution >= 4 is 58.0 Å². The summed E-state index contributed by atoms with van der Waals surface area (Å²) in [6, 6.07) is 11.8. The summed E-state index contributed by atoms with van der Waals surface area (Å²) in [5.41, 5.74) is -0.181. The van der Waals surface area contributed by atoms with E-state index in [1.807, 2.05) is 13.8 Å². The number of nitro benzene ring substituents is 1. The number of hydrogen-bond acceptors (Lipinski definition) is 7. The zero-order chi connectivity index (χ0) is 34.2. The molecule has 3 heterocycles. The highest BCUT2D eigenvalue weighted by Crippen LogP contribution is 2.62. The molecule has 250 valence electrons. The quantitative estimate of drug-likeness (QED) is 0.160. The number of ether oxygens (including phenoxy) is 1. The van der Waals surface area contributed by atoms with Gasteiger partial charge in [0.2, 0.25) is 11.8 Å². The zero-order valence-electron chi connectivity index (χ0n) is 26.5. The van der Waals surface area contributed by atoms with Gasteiger partial charge in [0.25, 0.3) is 5.69 Å². The molecule has 48 heavy (non-hydrogen) atoms. The van der Waals surface area contributed by atoms with Crippen LogP contribution < -0.4 is 10.2 Å². The molecule has 3 aromatic carbocycles. The molecule has 0 unspecified atom stereocenters. The van der Waals surface area contributed by atoms with Gasteiger partial charge in [-0.15, -0.1) is 0 Å². The lowest BCUT2D eigenvalue weighted by atomic mass is 9.70. The molecule has 1 spiro atoms. The van der Waals surface area contributed by atoms with Crippen LogP contribution in [-0.4, -0.2) is 53.8 Å². The number of carbonyl (C=O) groups is 3. The summed E-state index contributed by atoms with van der Waals surface area (Å²) in [6.45, 7) is 4.28. The minimum atomic E-state index is -1.49. The van der Waals surface area contributed by atoms with Crippen molar-refractivity contribution in [2.75, 3.05) is 30.4 Å². The summed E-state index contributed by atoms with van der Waals surface area (Å²) >= 11 is 12.7. The molecule has 13 heteroatoms. The van der Waals surface area contributed by atoms with Crippen LogP contribution in [0.4, 0.5) is 21.5 Å². The summed E-state index contributed by atoms with van der Waals surface area (Å²) in [5, 5.41) is 15.7. The van der Waals surface area contributed by atoms with Crippen molar-refractivity contribution in [2.45, 2.75) is 56.5 Å². The molecule has 10 nitrogen and oxygen atoms in total. The first kappa shape index (κ1) is 32.5. The molecule has 7 rings (SSSR count). The standard InChI is InChI=1S/C35H33Cl2FN4O6/c1-17(2)21-14-27(28(42(46)47)15-22(21)33(44)48-3)40-12-11-26-29(32(40)43)30(20-5-4-6-24(37)31(20)38)35(41(26)16-18-7-8-18)23-10-9-19(36)13-25(23)39-34(35)45/h4-6,9-10,13-15,17-18,26,29-30H,7-8,11-12,16H2,1-3H3,(H,39,45)/t26-,29+,30-,35+/m0/s1. The highest BCUT2D eigenvalue weighted by atomic mass is 35.5. The Morgan fingerprint density at radius 1 is 1.15 bits per heavy atom. The van der Waals surface area contributed by atoms with Crippen LogP contribution in [0.5, 0.6) is 0 Å². The maximum atomic E-state index is 16.3. The van der Waals surface area contributed by atoms with Crippen molar-refractivity contribution in [1.82, 2.24) is 4.90 Å². The molecule has 1 saturated carbocycles. The Hall–Kier alpha value is -4.06. The first-order valence-electron chi connectivity index (χ1n) is 15.9. The van der Waals surface area contributed by atoms with E-state index in [2.05, 4.69) is 10.2 Å². The van der Waals surface area contributed by atoms with Crippen LogP contribution >= 0.6 is 23.2 Å². The summed E-state index contributed by atoms with van der Waals surface area (Å²) < 4.78 is 21.2. The van der Waals surface area contributed by atoms with Crippen LogP contribution in [0.2, 0.25) is 10.0 Å². The number of fused-ring (bicyclic) bond motifs is 3. The first-order chi connectivity index (χ1) is 22.9. The number of halogens is 3. The molecule has 0 aromatic heterocycles. The maximum absolute atomic E-state index is 16.3. The third kappa shape index (κ3) is 4.81. The lowest BCUT2D eigenvalue weighted by Gasteiger charge is -2.40. The molecular weight excluding hydrogens is 662 g/mol. The predicted molar refractivity (Wildman–Crippen MR) is 178 cm³/mol. The molecule has 2 amide bonds. The van der Waals surface area contributed by atoms with Crippen LogP contribution in [0.15, 0.2) is 48.5 Å². The molecule has 3 fully saturated rings. The van der Waals surface area contributed by atoms with Gasteiger partial charge in [-0.2, -0.15) is 0 Å². The normalized spacial score (nSPS) is 25.0. The average molecular weight is 696 g/mol. The van der Waals surface area contributed by atoms with Gasteiger partial charge in [-0.1, -0.05) is 55.2 Å². The Kier molecular flexibility index (Phi) is 8.00. The third-order valence-corrected chi connectivity index (χ3v) is 10.9. The van der Waals surface area contributed by atoms with E-state index in [1.165, 1.54) is 24.1 Å². The van der Waals surface area contributed by atoms with Gasteiger partial charge >= 0.3 is 5.97 Å². The number of anilines is 2. The second kappa shape index (κ2) is 11.8. The lowest BCUT2D eigenvalue weighted by Crippen LogP contribution is -2.54. The number of amides is 2. The maximum Gasteiger partial charge on any atom is 0.338 e. The Labute approximate surface area is 286 Å². The van der Waals surface area contributed by atoms with Gasteiger partial charge < -0.3 is 15.0 Å². The number of nitrogens with zero attached hydrogens (tertiary/aromatic N) is 3. The van der Waals surface area contributed by atoms with Gasteiger partial charge in [-0.3, -0.25) is 24.6 Å². The summed E-state index contributed by atoms with van der Waals surface area (Å²) in [5.74, 6) is -4.31. The number of likely N-dealkylation sites (tertiary alicyclic amines) is 1. The van der Waals surface area contributed by atoms with Gasteiger partial charge in [0.15, 0.2) is 0 Å². The van der Waals surface area contributed by atoms with E-state index in [0.29, 0.717) is 40.7 Å². The number of benzene rings is 3. The smallest absolute Gasteiger partial charge is 0.338 e. The second-order valence-corrected chi connectivity index (χ2v) is 14.2. The largest absolute Gasteiger partial charge is 0.465 e. The monoisotopic (exact) mass is 694 g/mol. The summed E-state index contributed by atoms with van der Waals surface area (Å²) in [4.78, 5) is 57.6. The zero-order valence-corrected chi connectivity index (χ0v) is 28.0. The van der Waals surface area contributed by atoms with E-state index in [0.717, 1.165) is 18.9 Å². The number of carbonyl (C=O) groups excluding carboxylic acids is 3. The highest BCUT2D eigenvalue weighted by Gasteiger charge is 2.70. The summed E-state index contributed by atoms with van der Waals surface area (Å²) in [6.07, 6.45) is 2.28. The highest BCUT2D eigenvalue weighted by molar-refractivity contribution is 6.31. The van der Waals surface area contributed by atoms with Crippen LogP contribution in [-0.2, 0) is 19.9 Å². The van der Waals surface area contributed by atoms with Crippen molar-refractivity contribution in [3.63, 3.8) is 0 Å². The van der Waals surface area contributed by atoms with Gasteiger partial charge in [-0.05, 0) is 66.5 Å². The topological polar surface area (TPSA) is 122 Å². The molecule has 1 N–H and O–H groups in total. The van der Waals surface area contributed by atoms with Crippen LogP contribution in [0, 0.1) is 27.8 Å². The Bertz CT molecular complexity index is 1900. The minimum Gasteiger partial charge on any atom is -0.465 e. The molecule has 0 radical (unpaired) electrons. The van der Waals surface area contributed by atoms with Crippen LogP contribution in [0.1, 0.15) is 72.0 Å². The number of nitro groups is 1. The van der Waals surface area contributed by atoms with Gasteiger partial charge in [-0.25, -0.2) is 9.18 Å². The molecule has 0 bridgehead atoms. The second-order valence-electron chi connectivity index (χ2n) is 13.3. The van der Waals surface area contributed by atoms with E-state index in [9.17, 15) is 19.7 Å². The SMILES string of the molecule is COC(=O)c1cc([N+](=O)[O-])c(N2CC[C@H]3[C@@H](C2=O)[C@H](c2cccc(Cl)c2F)[C@]2(C(=O)Nc4cc(Cl)ccc42)N3CC2CC2)cc1C(C)C. The first-order valence-corrected chi connectivity index (χ1v) is 16.7. The number of methoxy groups -OCH3 is 1. The third-order valence-electron chi connectivity index (χ3n) is 10.4. The number of nitrogens with one attached hydrogen (secondary N) is 1. The van der Waals surface area contributed by atoms with Crippen molar-refractivity contribution in [3.05, 3.63) is 96.8 Å². The average Bonchev–Trinajstić information content (AvgIpc) is 3.77. The van der Waals surface area contributed by atoms with Gasteiger partial charge in [0, 0.05) is 47.4 Å². The molecule has 3 aromatic rings. The Morgan fingerprint density at radius 3 is 2.56 bits per heavy atom. The number of rotatable bonds is 7. The van der Waals surface area contributed by atoms with Crippen molar-refractivity contribution in [2.24, 2.45) is 11.8 Å². The minimum absolute atomic E-state index is 0.0304. The van der Waals surface area contributed by atoms with E-state index in [-0.39, 0.29) is 34.3 Å². The van der Waals surface area contributed by atoms with Crippen molar-refractivity contribution < 1.29 is 28.4 Å². The van der Waals surface area contributed by atoms with E-state index in [1.54, 1.807) is 30.3 Å².